The Hall–Kier alpha value is -2.33. The van der Waals surface area contributed by atoms with Crippen molar-refractivity contribution >= 4 is 12.0 Å². The van der Waals surface area contributed by atoms with Crippen molar-refractivity contribution in [2.45, 2.75) is 46.2 Å². The van der Waals surface area contributed by atoms with E-state index in [1.54, 1.807) is 11.0 Å². The van der Waals surface area contributed by atoms with Crippen molar-refractivity contribution in [2.75, 3.05) is 26.2 Å². The van der Waals surface area contributed by atoms with Gasteiger partial charge in [-0.05, 0) is 56.9 Å². The molecule has 0 radical (unpaired) electrons. The Morgan fingerprint density at radius 1 is 1.14 bits per heavy atom. The molecule has 1 aromatic heterocycles. The molecule has 4 heteroatoms. The Balaban J connectivity index is 1.32. The van der Waals surface area contributed by atoms with E-state index in [-0.39, 0.29) is 5.91 Å². The molecule has 1 aromatic carbocycles. The summed E-state index contributed by atoms with van der Waals surface area (Å²) < 4.78 is 2.43. The van der Waals surface area contributed by atoms with Crippen molar-refractivity contribution in [3.05, 3.63) is 64.5 Å². The molecular formula is C24H32N3O+. The van der Waals surface area contributed by atoms with Crippen LogP contribution in [0.2, 0.25) is 0 Å². The number of carbonyl (C=O) groups excluding carboxylic acids is 1. The third-order valence-electron chi connectivity index (χ3n) is 6.32. The van der Waals surface area contributed by atoms with Crippen molar-refractivity contribution in [1.29, 1.82) is 0 Å². The number of piperazine rings is 1. The van der Waals surface area contributed by atoms with Crippen LogP contribution in [0, 0.1) is 20.8 Å². The maximum Gasteiger partial charge on any atom is 0.246 e. The van der Waals surface area contributed by atoms with Crippen LogP contribution in [-0.2, 0) is 11.3 Å². The summed E-state index contributed by atoms with van der Waals surface area (Å²) in [5.41, 5.74) is 6.56. The summed E-state index contributed by atoms with van der Waals surface area (Å²) in [5, 5.41) is 0. The first-order chi connectivity index (χ1) is 13.5. The molecule has 1 aliphatic heterocycles. The lowest BCUT2D eigenvalue weighted by Gasteiger charge is -2.32. The number of hydrogen-bond acceptors (Lipinski definition) is 1. The van der Waals surface area contributed by atoms with E-state index >= 15 is 0 Å². The molecule has 4 rings (SSSR count). The average molecular weight is 379 g/mol. The number of aromatic nitrogens is 1. The third kappa shape index (κ3) is 4.07. The van der Waals surface area contributed by atoms with Crippen LogP contribution in [0.15, 0.2) is 36.4 Å². The Morgan fingerprint density at radius 3 is 2.54 bits per heavy atom. The fraction of sp³-hybridized carbons (Fsp3) is 0.458. The van der Waals surface area contributed by atoms with Gasteiger partial charge < -0.3 is 14.4 Å². The summed E-state index contributed by atoms with van der Waals surface area (Å²) >= 11 is 0. The Labute approximate surface area is 168 Å². The highest BCUT2D eigenvalue weighted by Gasteiger charge is 2.27. The minimum atomic E-state index is 0.145. The minimum absolute atomic E-state index is 0.145. The van der Waals surface area contributed by atoms with Crippen molar-refractivity contribution in [2.24, 2.45) is 0 Å². The number of hydrogen-bond donors (Lipinski definition) is 1. The molecule has 2 aliphatic rings. The summed E-state index contributed by atoms with van der Waals surface area (Å²) in [5.74, 6) is 0.145. The molecular weight excluding hydrogens is 346 g/mol. The van der Waals surface area contributed by atoms with Crippen LogP contribution in [0.25, 0.3) is 6.08 Å². The van der Waals surface area contributed by atoms with Crippen molar-refractivity contribution in [3.8, 4) is 0 Å². The molecule has 2 heterocycles. The minimum Gasteiger partial charge on any atom is -0.346 e. The van der Waals surface area contributed by atoms with Crippen molar-refractivity contribution in [3.63, 3.8) is 0 Å². The van der Waals surface area contributed by atoms with Gasteiger partial charge in [-0.2, -0.15) is 0 Å². The summed E-state index contributed by atoms with van der Waals surface area (Å²) in [7, 11) is 0. The van der Waals surface area contributed by atoms with Gasteiger partial charge in [-0.3, -0.25) is 4.79 Å². The topological polar surface area (TPSA) is 29.7 Å². The summed E-state index contributed by atoms with van der Waals surface area (Å²) in [6.45, 7) is 11.3. The fourth-order valence-corrected chi connectivity index (χ4v) is 4.43. The van der Waals surface area contributed by atoms with Gasteiger partial charge in [0, 0.05) is 29.1 Å². The molecule has 2 fully saturated rings. The molecule has 148 valence electrons. The monoisotopic (exact) mass is 378 g/mol. The summed E-state index contributed by atoms with van der Waals surface area (Å²) in [6.07, 6.45) is 6.35. The number of aryl methyl sites for hydroxylation is 2. The molecule has 0 spiro atoms. The number of nitrogens with one attached hydrogen (secondary N) is 1. The zero-order chi connectivity index (χ0) is 19.7. The first-order valence-corrected chi connectivity index (χ1v) is 10.6. The van der Waals surface area contributed by atoms with Gasteiger partial charge in [-0.25, -0.2) is 0 Å². The lowest BCUT2D eigenvalue weighted by molar-refractivity contribution is -0.917. The number of quaternary nitrogens is 1. The molecule has 0 atom stereocenters. The second-order valence-electron chi connectivity index (χ2n) is 8.44. The van der Waals surface area contributed by atoms with Gasteiger partial charge in [0.1, 0.15) is 6.54 Å². The molecule has 1 amide bonds. The van der Waals surface area contributed by atoms with Gasteiger partial charge >= 0.3 is 0 Å². The van der Waals surface area contributed by atoms with Crippen LogP contribution in [0.1, 0.15) is 47.0 Å². The molecule has 1 aliphatic carbocycles. The second kappa shape index (κ2) is 7.96. The van der Waals surface area contributed by atoms with E-state index in [9.17, 15) is 4.79 Å². The van der Waals surface area contributed by atoms with Gasteiger partial charge in [0.15, 0.2) is 0 Å². The average Bonchev–Trinajstić information content (AvgIpc) is 3.48. The van der Waals surface area contributed by atoms with E-state index in [1.807, 2.05) is 11.0 Å². The zero-order valence-corrected chi connectivity index (χ0v) is 17.4. The van der Waals surface area contributed by atoms with Gasteiger partial charge in [0.2, 0.25) is 5.91 Å². The van der Waals surface area contributed by atoms with Gasteiger partial charge in [-0.15, -0.1) is 0 Å². The van der Waals surface area contributed by atoms with E-state index < -0.39 is 0 Å². The Kier molecular flexibility index (Phi) is 5.40. The van der Waals surface area contributed by atoms with Gasteiger partial charge in [0.05, 0.1) is 26.2 Å². The SMILES string of the molecule is Cc1ccccc1C[NH+]1CCN(C(=O)/C=C/c2cc(C)n(C3CC3)c2C)CC1. The standard InChI is InChI=1S/C24H31N3O/c1-18-6-4-5-7-22(18)17-25-12-14-26(15-13-25)24(28)11-8-21-16-19(2)27(20(21)3)23-9-10-23/h4-8,11,16,23H,9-10,12-15,17H2,1-3H3/p+1/b11-8+. The number of benzene rings is 1. The van der Waals surface area contributed by atoms with E-state index in [1.165, 1.54) is 40.9 Å². The van der Waals surface area contributed by atoms with Crippen LogP contribution >= 0.6 is 0 Å². The van der Waals surface area contributed by atoms with Crippen molar-refractivity contribution < 1.29 is 9.69 Å². The molecule has 1 N–H and O–H groups in total. The van der Waals surface area contributed by atoms with E-state index in [4.69, 9.17) is 0 Å². The van der Waals surface area contributed by atoms with Crippen LogP contribution < -0.4 is 4.90 Å². The first kappa shape index (κ1) is 19.0. The molecule has 0 unspecified atom stereocenters. The predicted octanol–water partition coefficient (Wildman–Crippen LogP) is 2.69. The summed E-state index contributed by atoms with van der Waals surface area (Å²) in [4.78, 5) is 16.2. The molecule has 4 nitrogen and oxygen atoms in total. The number of rotatable bonds is 5. The van der Waals surface area contributed by atoms with Crippen LogP contribution in [-0.4, -0.2) is 41.6 Å². The smallest absolute Gasteiger partial charge is 0.246 e. The maximum absolute atomic E-state index is 12.7. The van der Waals surface area contributed by atoms with Crippen LogP contribution in [0.4, 0.5) is 0 Å². The van der Waals surface area contributed by atoms with Crippen LogP contribution in [0.5, 0.6) is 0 Å². The molecule has 0 bridgehead atoms. The van der Waals surface area contributed by atoms with E-state index in [2.05, 4.69) is 55.7 Å². The van der Waals surface area contributed by atoms with Crippen LogP contribution in [0.3, 0.4) is 0 Å². The van der Waals surface area contributed by atoms with Crippen molar-refractivity contribution in [1.82, 2.24) is 9.47 Å². The van der Waals surface area contributed by atoms with E-state index in [0.29, 0.717) is 6.04 Å². The molecule has 28 heavy (non-hydrogen) atoms. The largest absolute Gasteiger partial charge is 0.346 e. The first-order valence-electron chi connectivity index (χ1n) is 10.6. The highest BCUT2D eigenvalue weighted by atomic mass is 16.2. The number of nitrogens with zero attached hydrogens (tertiary/aromatic N) is 2. The Bertz CT molecular complexity index is 883. The normalized spacial score (nSPS) is 18.2. The molecule has 2 aromatic rings. The second-order valence-corrected chi connectivity index (χ2v) is 8.44. The van der Waals surface area contributed by atoms with Gasteiger partial charge in [-0.1, -0.05) is 24.3 Å². The third-order valence-corrected chi connectivity index (χ3v) is 6.32. The lowest BCUT2D eigenvalue weighted by atomic mass is 10.1. The maximum atomic E-state index is 12.7. The lowest BCUT2D eigenvalue weighted by Crippen LogP contribution is -3.13. The predicted molar refractivity (Wildman–Crippen MR) is 113 cm³/mol. The zero-order valence-electron chi connectivity index (χ0n) is 17.4. The molecule has 1 saturated carbocycles. The fourth-order valence-electron chi connectivity index (χ4n) is 4.43. The highest BCUT2D eigenvalue weighted by Crippen LogP contribution is 2.38. The van der Waals surface area contributed by atoms with Gasteiger partial charge in [0.25, 0.3) is 0 Å². The number of carbonyl (C=O) groups is 1. The highest BCUT2D eigenvalue weighted by molar-refractivity contribution is 5.92. The quantitative estimate of drug-likeness (QED) is 0.797. The van der Waals surface area contributed by atoms with E-state index in [0.717, 1.165) is 32.7 Å². The Morgan fingerprint density at radius 2 is 1.86 bits per heavy atom. The number of amides is 1. The molecule has 1 saturated heterocycles. The summed E-state index contributed by atoms with van der Waals surface area (Å²) in [6, 6.07) is 11.5.